The van der Waals surface area contributed by atoms with E-state index in [2.05, 4.69) is 32.6 Å². The number of hydrogen-bond acceptors (Lipinski definition) is 2. The van der Waals surface area contributed by atoms with E-state index in [9.17, 15) is 4.79 Å². The fourth-order valence-electron chi connectivity index (χ4n) is 2.50. The zero-order valence-corrected chi connectivity index (χ0v) is 10.1. The van der Waals surface area contributed by atoms with Crippen LogP contribution in [0.2, 0.25) is 0 Å². The summed E-state index contributed by atoms with van der Waals surface area (Å²) in [5.41, 5.74) is 0. The molecule has 0 saturated carbocycles. The van der Waals surface area contributed by atoms with Crippen molar-refractivity contribution in [3.05, 3.63) is 0 Å². The van der Waals surface area contributed by atoms with Gasteiger partial charge in [0.2, 0.25) is 0 Å². The lowest BCUT2D eigenvalue weighted by atomic mass is 10.1. The van der Waals surface area contributed by atoms with E-state index in [4.69, 9.17) is 11.6 Å². The van der Waals surface area contributed by atoms with Crippen molar-refractivity contribution in [3.8, 4) is 0 Å². The Kier molecular flexibility index (Phi) is 3.78. The van der Waals surface area contributed by atoms with E-state index in [0.717, 1.165) is 13.1 Å². The molecule has 3 nitrogen and oxygen atoms in total. The molecule has 1 fully saturated rings. The molecule has 14 heavy (non-hydrogen) atoms. The van der Waals surface area contributed by atoms with E-state index in [1.165, 1.54) is 0 Å². The summed E-state index contributed by atoms with van der Waals surface area (Å²) in [6.07, 6.45) is 0. The first-order valence-corrected chi connectivity index (χ1v) is 5.53. The highest BCUT2D eigenvalue weighted by Gasteiger charge is 2.32. The first-order chi connectivity index (χ1) is 6.43. The molecule has 4 heteroatoms. The number of halogens is 1. The van der Waals surface area contributed by atoms with Crippen molar-refractivity contribution in [1.29, 1.82) is 0 Å². The van der Waals surface area contributed by atoms with Gasteiger partial charge >= 0.3 is 5.37 Å². The molecule has 0 N–H and O–H groups in total. The molecule has 0 unspecified atom stereocenters. The molecule has 0 spiro atoms. The summed E-state index contributed by atoms with van der Waals surface area (Å²) < 4.78 is 0. The number of amides is 1. The van der Waals surface area contributed by atoms with Crippen molar-refractivity contribution in [1.82, 2.24) is 9.80 Å². The fraction of sp³-hybridized carbons (Fsp3) is 0.900. The van der Waals surface area contributed by atoms with E-state index in [1.54, 1.807) is 4.90 Å². The lowest BCUT2D eigenvalue weighted by Gasteiger charge is -2.45. The van der Waals surface area contributed by atoms with Crippen LogP contribution in [0.5, 0.6) is 0 Å². The van der Waals surface area contributed by atoms with Gasteiger partial charge in [0, 0.05) is 31.2 Å². The van der Waals surface area contributed by atoms with Gasteiger partial charge in [0.25, 0.3) is 0 Å². The molecule has 0 aliphatic carbocycles. The third-order valence-corrected chi connectivity index (χ3v) is 3.07. The van der Waals surface area contributed by atoms with Gasteiger partial charge in [0.15, 0.2) is 0 Å². The molecule has 0 bridgehead atoms. The summed E-state index contributed by atoms with van der Waals surface area (Å²) in [7, 11) is 0. The minimum Gasteiger partial charge on any atom is -0.326 e. The second kappa shape index (κ2) is 4.49. The molecule has 0 aromatic heterocycles. The Morgan fingerprint density at radius 3 is 2.00 bits per heavy atom. The molecule has 0 aromatic rings. The van der Waals surface area contributed by atoms with Gasteiger partial charge in [-0.1, -0.05) is 0 Å². The number of rotatable bonds is 1. The van der Waals surface area contributed by atoms with Crippen LogP contribution in [0, 0.1) is 0 Å². The van der Waals surface area contributed by atoms with Gasteiger partial charge in [-0.2, -0.15) is 0 Å². The average molecular weight is 219 g/mol. The average Bonchev–Trinajstić information content (AvgIpc) is 2.01. The smallest absolute Gasteiger partial charge is 0.316 e. The van der Waals surface area contributed by atoms with Crippen LogP contribution in [0.15, 0.2) is 0 Å². The highest BCUT2D eigenvalue weighted by molar-refractivity contribution is 6.62. The van der Waals surface area contributed by atoms with Crippen LogP contribution >= 0.6 is 11.6 Å². The molecule has 2 atom stereocenters. The van der Waals surface area contributed by atoms with E-state index >= 15 is 0 Å². The number of carbonyl (C=O) groups excluding carboxylic acids is 1. The standard InChI is InChI=1S/C10H19ClN2O/c1-7(2)13-8(3)5-12(10(11)14)6-9(13)4/h7-9H,5-6H2,1-4H3/t8-,9+. The predicted molar refractivity (Wildman–Crippen MR) is 58.7 cm³/mol. The van der Waals surface area contributed by atoms with Gasteiger partial charge in [-0.15, -0.1) is 0 Å². The summed E-state index contributed by atoms with van der Waals surface area (Å²) in [4.78, 5) is 15.2. The van der Waals surface area contributed by atoms with Crippen LogP contribution < -0.4 is 0 Å². The molecule has 1 saturated heterocycles. The minimum atomic E-state index is -0.327. The Bertz CT molecular complexity index is 208. The van der Waals surface area contributed by atoms with Gasteiger partial charge in [0.1, 0.15) is 0 Å². The highest BCUT2D eigenvalue weighted by atomic mass is 35.5. The lowest BCUT2D eigenvalue weighted by Crippen LogP contribution is -2.59. The molecule has 0 radical (unpaired) electrons. The van der Waals surface area contributed by atoms with Gasteiger partial charge in [-0.25, -0.2) is 0 Å². The second-order valence-corrected chi connectivity index (χ2v) is 4.72. The van der Waals surface area contributed by atoms with Crippen molar-refractivity contribution >= 4 is 17.0 Å². The summed E-state index contributed by atoms with van der Waals surface area (Å²) in [6.45, 7) is 10.1. The first kappa shape index (κ1) is 11.8. The number of hydrogen-bond donors (Lipinski definition) is 0. The third-order valence-electron chi connectivity index (χ3n) is 2.83. The zero-order valence-electron chi connectivity index (χ0n) is 9.33. The topological polar surface area (TPSA) is 23.6 Å². The molecular formula is C10H19ClN2O. The normalized spacial score (nSPS) is 29.7. The largest absolute Gasteiger partial charge is 0.326 e. The summed E-state index contributed by atoms with van der Waals surface area (Å²) in [5.74, 6) is 0. The Labute approximate surface area is 91.0 Å². The second-order valence-electron chi connectivity index (χ2n) is 4.40. The van der Waals surface area contributed by atoms with Crippen molar-refractivity contribution in [2.24, 2.45) is 0 Å². The molecule has 82 valence electrons. The first-order valence-electron chi connectivity index (χ1n) is 5.15. The van der Waals surface area contributed by atoms with Gasteiger partial charge in [-0.05, 0) is 39.3 Å². The van der Waals surface area contributed by atoms with Gasteiger partial charge < -0.3 is 4.90 Å². The highest BCUT2D eigenvalue weighted by Crippen LogP contribution is 2.19. The van der Waals surface area contributed by atoms with Crippen LogP contribution in [0.25, 0.3) is 0 Å². The fourth-order valence-corrected chi connectivity index (χ4v) is 2.63. The number of nitrogens with zero attached hydrogens (tertiary/aromatic N) is 2. The summed E-state index contributed by atoms with van der Waals surface area (Å²) >= 11 is 5.48. The monoisotopic (exact) mass is 218 g/mol. The maximum Gasteiger partial charge on any atom is 0.316 e. The summed E-state index contributed by atoms with van der Waals surface area (Å²) in [6, 6.07) is 1.30. The van der Waals surface area contributed by atoms with E-state index in [0.29, 0.717) is 18.1 Å². The summed E-state index contributed by atoms with van der Waals surface area (Å²) in [5, 5.41) is -0.327. The molecule has 1 rings (SSSR count). The van der Waals surface area contributed by atoms with Crippen molar-refractivity contribution in [3.63, 3.8) is 0 Å². The molecule has 1 aliphatic heterocycles. The van der Waals surface area contributed by atoms with Crippen LogP contribution in [-0.4, -0.2) is 46.4 Å². The minimum absolute atomic E-state index is 0.327. The third kappa shape index (κ3) is 2.39. The molecule has 1 heterocycles. The number of piperazine rings is 1. The van der Waals surface area contributed by atoms with E-state index in [1.807, 2.05) is 0 Å². The van der Waals surface area contributed by atoms with Crippen molar-refractivity contribution < 1.29 is 4.79 Å². The SMILES string of the molecule is CC(C)N1[C@H](C)CN(C(=O)Cl)C[C@@H]1C. The Balaban J connectivity index is 2.67. The molecule has 0 aromatic carbocycles. The van der Waals surface area contributed by atoms with E-state index in [-0.39, 0.29) is 5.37 Å². The lowest BCUT2D eigenvalue weighted by molar-refractivity contribution is 0.0369. The maximum atomic E-state index is 11.0. The zero-order chi connectivity index (χ0) is 10.9. The maximum absolute atomic E-state index is 11.0. The van der Waals surface area contributed by atoms with Gasteiger partial charge in [-0.3, -0.25) is 9.69 Å². The van der Waals surface area contributed by atoms with Crippen LogP contribution in [0.4, 0.5) is 4.79 Å². The molecular weight excluding hydrogens is 200 g/mol. The Hall–Kier alpha value is -0.280. The molecule has 1 amide bonds. The van der Waals surface area contributed by atoms with Crippen LogP contribution in [0.3, 0.4) is 0 Å². The Morgan fingerprint density at radius 1 is 1.29 bits per heavy atom. The Morgan fingerprint density at radius 2 is 1.71 bits per heavy atom. The quantitative estimate of drug-likeness (QED) is 0.498. The predicted octanol–water partition coefficient (Wildman–Crippen LogP) is 2.15. The van der Waals surface area contributed by atoms with Crippen molar-refractivity contribution in [2.45, 2.75) is 45.8 Å². The number of carbonyl (C=O) groups is 1. The van der Waals surface area contributed by atoms with Crippen LogP contribution in [0.1, 0.15) is 27.7 Å². The van der Waals surface area contributed by atoms with Crippen molar-refractivity contribution in [2.75, 3.05) is 13.1 Å². The van der Waals surface area contributed by atoms with E-state index < -0.39 is 0 Å². The van der Waals surface area contributed by atoms with Crippen LogP contribution in [-0.2, 0) is 0 Å². The van der Waals surface area contributed by atoms with Gasteiger partial charge in [0.05, 0.1) is 0 Å². The molecule has 1 aliphatic rings.